The molecule has 0 atom stereocenters. The van der Waals surface area contributed by atoms with Crippen LogP contribution in [0.1, 0.15) is 45.4 Å². The Kier molecular flexibility index (Phi) is 4.44. The molecular weight excluding hydrogens is 252 g/mol. The largest absolute Gasteiger partial charge is 0.348 e. The fraction of sp³-hybridized carbons (Fsp3) is 0.875. The summed E-state index contributed by atoms with van der Waals surface area (Å²) < 4.78 is 11.7. The van der Waals surface area contributed by atoms with Crippen LogP contribution < -0.4 is 0 Å². The van der Waals surface area contributed by atoms with Crippen molar-refractivity contribution in [2.75, 3.05) is 13.2 Å². The minimum absolute atomic E-state index is 0.232. The topological polar surface area (TPSA) is 18.5 Å². The second-order valence-electron chi connectivity index (χ2n) is 7.14. The molecule has 0 N–H and O–H groups in total. The minimum Gasteiger partial charge on any atom is -0.348 e. The highest BCUT2D eigenvalue weighted by Gasteiger charge is 2.45. The Morgan fingerprint density at radius 1 is 1.00 bits per heavy atom. The number of ether oxygens (including phenoxy) is 2. The van der Waals surface area contributed by atoms with Crippen molar-refractivity contribution in [1.29, 1.82) is 0 Å². The maximum Gasteiger partial charge on any atom is 0.168 e. The van der Waals surface area contributed by atoms with Crippen molar-refractivity contribution in [3.8, 4) is 11.5 Å². The summed E-state index contributed by atoms with van der Waals surface area (Å²) >= 11 is 0. The lowest BCUT2D eigenvalue weighted by Gasteiger charge is -2.41. The maximum absolute atomic E-state index is 5.84. The molecule has 0 aromatic carbocycles. The average molecular weight is 280 g/mol. The van der Waals surface area contributed by atoms with Gasteiger partial charge in [-0.2, -0.15) is 0 Å². The lowest BCUT2D eigenvalue weighted by molar-refractivity contribution is -0.187. The molecule has 1 saturated heterocycles. The van der Waals surface area contributed by atoms with Crippen molar-refractivity contribution in [1.82, 2.24) is 0 Å². The highest BCUT2D eigenvalue weighted by molar-refractivity contribution is 6.83. The molecule has 2 aliphatic rings. The normalized spacial score (nSPS) is 25.1. The highest BCUT2D eigenvalue weighted by atomic mass is 28.3. The fourth-order valence-electron chi connectivity index (χ4n) is 3.13. The summed E-state index contributed by atoms with van der Waals surface area (Å²) in [6.07, 6.45) is 6.76. The van der Waals surface area contributed by atoms with E-state index in [0.29, 0.717) is 0 Å². The lowest BCUT2D eigenvalue weighted by Crippen LogP contribution is -2.39. The van der Waals surface area contributed by atoms with Gasteiger partial charge in [-0.25, -0.2) is 0 Å². The Morgan fingerprint density at radius 2 is 1.58 bits per heavy atom. The molecule has 0 aromatic rings. The Hall–Kier alpha value is -0.303. The van der Waals surface area contributed by atoms with Crippen LogP contribution in [-0.4, -0.2) is 27.1 Å². The number of hydrogen-bond donors (Lipinski definition) is 0. The second-order valence-corrected chi connectivity index (χ2v) is 11.9. The van der Waals surface area contributed by atoms with Crippen LogP contribution in [0.4, 0.5) is 0 Å². The molecule has 1 saturated carbocycles. The van der Waals surface area contributed by atoms with E-state index >= 15 is 0 Å². The van der Waals surface area contributed by atoms with Gasteiger partial charge in [0.25, 0.3) is 0 Å². The van der Waals surface area contributed by atoms with Crippen molar-refractivity contribution < 1.29 is 9.47 Å². The standard InChI is InChI=1S/C16H28O2Si/c1-5-6-15(11-14-19(2,3)4)7-9-16(10-8-15)17-12-13-18-16/h5-10,12-13H2,1-4H3. The monoisotopic (exact) mass is 280 g/mol. The third kappa shape index (κ3) is 3.84. The first-order chi connectivity index (χ1) is 8.89. The minimum atomic E-state index is -1.28. The van der Waals surface area contributed by atoms with Gasteiger partial charge in [-0.05, 0) is 19.3 Å². The van der Waals surface area contributed by atoms with Gasteiger partial charge in [0.05, 0.1) is 13.2 Å². The molecule has 0 radical (unpaired) electrons. The quantitative estimate of drug-likeness (QED) is 0.563. The molecule has 1 heterocycles. The number of rotatable bonds is 2. The van der Waals surface area contributed by atoms with Crippen molar-refractivity contribution in [3.63, 3.8) is 0 Å². The van der Waals surface area contributed by atoms with Crippen LogP contribution in [0.15, 0.2) is 0 Å². The molecule has 0 amide bonds. The van der Waals surface area contributed by atoms with Crippen LogP contribution in [-0.2, 0) is 9.47 Å². The Labute approximate surface area is 119 Å². The maximum atomic E-state index is 5.84. The second kappa shape index (κ2) is 5.59. The smallest absolute Gasteiger partial charge is 0.168 e. The van der Waals surface area contributed by atoms with Gasteiger partial charge in [-0.3, -0.25) is 0 Å². The summed E-state index contributed by atoms with van der Waals surface area (Å²) in [5.74, 6) is 3.43. The molecular formula is C16H28O2Si. The first-order valence-corrected chi connectivity index (χ1v) is 11.2. The summed E-state index contributed by atoms with van der Waals surface area (Å²) in [5.41, 5.74) is 3.84. The van der Waals surface area contributed by atoms with Crippen LogP contribution in [0.3, 0.4) is 0 Å². The number of hydrogen-bond acceptors (Lipinski definition) is 2. The van der Waals surface area contributed by atoms with Gasteiger partial charge in [0.15, 0.2) is 5.79 Å². The van der Waals surface area contributed by atoms with E-state index in [1.54, 1.807) is 0 Å². The van der Waals surface area contributed by atoms with E-state index in [9.17, 15) is 0 Å². The molecule has 0 unspecified atom stereocenters. The van der Waals surface area contributed by atoms with Gasteiger partial charge in [0.2, 0.25) is 0 Å². The molecule has 19 heavy (non-hydrogen) atoms. The van der Waals surface area contributed by atoms with Crippen LogP contribution in [0, 0.1) is 16.9 Å². The van der Waals surface area contributed by atoms with E-state index in [4.69, 9.17) is 9.47 Å². The molecule has 3 heteroatoms. The van der Waals surface area contributed by atoms with Crippen molar-refractivity contribution in [2.24, 2.45) is 5.41 Å². The Morgan fingerprint density at radius 3 is 2.05 bits per heavy atom. The Bertz CT molecular complexity index is 356. The van der Waals surface area contributed by atoms with Crippen molar-refractivity contribution in [2.45, 2.75) is 70.9 Å². The van der Waals surface area contributed by atoms with Gasteiger partial charge < -0.3 is 9.47 Å². The van der Waals surface area contributed by atoms with E-state index in [1.165, 1.54) is 12.8 Å². The first kappa shape index (κ1) is 15.1. The van der Waals surface area contributed by atoms with Gasteiger partial charge in [0.1, 0.15) is 8.07 Å². The zero-order valence-electron chi connectivity index (χ0n) is 13.0. The molecule has 2 fully saturated rings. The average Bonchev–Trinajstić information content (AvgIpc) is 2.79. The molecule has 0 aromatic heterocycles. The van der Waals surface area contributed by atoms with Gasteiger partial charge in [0, 0.05) is 18.3 Å². The van der Waals surface area contributed by atoms with E-state index < -0.39 is 8.07 Å². The van der Waals surface area contributed by atoms with Crippen molar-refractivity contribution in [3.05, 3.63) is 0 Å². The zero-order valence-corrected chi connectivity index (χ0v) is 14.0. The van der Waals surface area contributed by atoms with E-state index in [0.717, 1.165) is 38.9 Å². The predicted octanol–water partition coefficient (Wildman–Crippen LogP) is 3.97. The SMILES string of the molecule is CCCC1(C#C[Si](C)(C)C)CCC2(CC1)OCCO2. The summed E-state index contributed by atoms with van der Waals surface area (Å²) in [4.78, 5) is 0. The lowest BCUT2D eigenvalue weighted by atomic mass is 9.70. The molecule has 1 aliphatic carbocycles. The van der Waals surface area contributed by atoms with Crippen LogP contribution in [0.5, 0.6) is 0 Å². The summed E-state index contributed by atoms with van der Waals surface area (Å²) in [5, 5.41) is 0. The van der Waals surface area contributed by atoms with Crippen LogP contribution in [0.2, 0.25) is 19.6 Å². The van der Waals surface area contributed by atoms with Gasteiger partial charge >= 0.3 is 0 Å². The molecule has 1 spiro atoms. The summed E-state index contributed by atoms with van der Waals surface area (Å²) in [7, 11) is -1.28. The van der Waals surface area contributed by atoms with Gasteiger partial charge in [-0.1, -0.05) is 33.0 Å². The zero-order chi connectivity index (χ0) is 14.0. The molecule has 108 valence electrons. The summed E-state index contributed by atoms with van der Waals surface area (Å²) in [6, 6.07) is 0. The van der Waals surface area contributed by atoms with Crippen molar-refractivity contribution >= 4 is 8.07 Å². The van der Waals surface area contributed by atoms with Gasteiger partial charge in [-0.15, -0.1) is 11.5 Å². The third-order valence-corrected chi connectivity index (χ3v) is 5.09. The molecule has 2 rings (SSSR count). The van der Waals surface area contributed by atoms with E-state index in [-0.39, 0.29) is 11.2 Å². The van der Waals surface area contributed by atoms with Crippen LogP contribution >= 0.6 is 0 Å². The van der Waals surface area contributed by atoms with E-state index in [1.807, 2.05) is 0 Å². The fourth-order valence-corrected chi connectivity index (χ4v) is 3.77. The van der Waals surface area contributed by atoms with E-state index in [2.05, 4.69) is 38.0 Å². The highest BCUT2D eigenvalue weighted by Crippen LogP contribution is 2.46. The third-order valence-electron chi connectivity index (χ3n) is 4.21. The first-order valence-electron chi connectivity index (χ1n) is 7.71. The predicted molar refractivity (Wildman–Crippen MR) is 81.6 cm³/mol. The molecule has 0 bridgehead atoms. The van der Waals surface area contributed by atoms with Crippen LogP contribution in [0.25, 0.3) is 0 Å². The summed E-state index contributed by atoms with van der Waals surface area (Å²) in [6.45, 7) is 10.8. The molecule has 2 nitrogen and oxygen atoms in total. The Balaban J connectivity index is 2.07. The molecule has 1 aliphatic heterocycles.